The minimum Gasteiger partial charge on any atom is -0.461 e. The molecule has 0 spiro atoms. The van der Waals surface area contributed by atoms with E-state index in [1.807, 2.05) is 6.92 Å². The van der Waals surface area contributed by atoms with E-state index in [2.05, 4.69) is 6.58 Å². The molecule has 6 atom stereocenters. The smallest absolute Gasteiger partial charge is 0.334 e. The van der Waals surface area contributed by atoms with Gasteiger partial charge >= 0.3 is 11.9 Å². The van der Waals surface area contributed by atoms with Gasteiger partial charge in [0.05, 0.1) is 17.4 Å². The van der Waals surface area contributed by atoms with Gasteiger partial charge in [0, 0.05) is 25.5 Å². The number of hydrogen-bond donors (Lipinski definition) is 1. The first-order valence-corrected chi connectivity index (χ1v) is 9.25. The third-order valence-corrected chi connectivity index (χ3v) is 5.75. The summed E-state index contributed by atoms with van der Waals surface area (Å²) in [5.74, 6) is -3.37. The summed E-state index contributed by atoms with van der Waals surface area (Å²) in [7, 11) is 1.51. The van der Waals surface area contributed by atoms with E-state index in [4.69, 9.17) is 18.9 Å². The number of hydrogen-bond acceptors (Lipinski definition) is 7. The molecule has 7 nitrogen and oxygen atoms in total. The zero-order chi connectivity index (χ0) is 20.1. The van der Waals surface area contributed by atoms with Crippen molar-refractivity contribution in [2.45, 2.75) is 70.2 Å². The van der Waals surface area contributed by atoms with Crippen LogP contribution in [0.4, 0.5) is 0 Å². The largest absolute Gasteiger partial charge is 0.461 e. The normalized spacial score (nSPS) is 43.3. The lowest BCUT2D eigenvalue weighted by atomic mass is 9.81. The summed E-state index contributed by atoms with van der Waals surface area (Å²) in [6, 6.07) is 0. The van der Waals surface area contributed by atoms with E-state index in [1.165, 1.54) is 7.11 Å². The molecule has 0 saturated carbocycles. The van der Waals surface area contributed by atoms with Gasteiger partial charge in [-0.15, -0.1) is 0 Å². The van der Waals surface area contributed by atoms with E-state index in [0.717, 1.165) is 0 Å². The van der Waals surface area contributed by atoms with Crippen molar-refractivity contribution in [3.8, 4) is 0 Å². The van der Waals surface area contributed by atoms with Gasteiger partial charge in [0.15, 0.2) is 0 Å². The Balaban J connectivity index is 2.07. The molecule has 2 bridgehead atoms. The van der Waals surface area contributed by atoms with Crippen molar-refractivity contribution >= 4 is 11.9 Å². The monoisotopic (exact) mass is 380 g/mol. The van der Waals surface area contributed by atoms with Crippen LogP contribution in [0, 0.1) is 11.8 Å². The quantitative estimate of drug-likeness (QED) is 0.454. The first kappa shape index (κ1) is 20.0. The van der Waals surface area contributed by atoms with E-state index in [0.29, 0.717) is 12.0 Å². The molecule has 0 aliphatic carbocycles. The SMILES string of the molecule is C=C1C(=O)O[C@@H]2/C=C(/C)[C@@]3(O)O[C@@](C)(C[C@@H]3OC)C[C@@H](OC(=O)C(C)C)[C@@H]12. The molecule has 0 amide bonds. The molecule has 0 aromatic heterocycles. The Labute approximate surface area is 159 Å². The third kappa shape index (κ3) is 3.32. The number of methoxy groups -OCH3 is 1. The van der Waals surface area contributed by atoms with Gasteiger partial charge in [-0.3, -0.25) is 4.79 Å². The molecule has 0 unspecified atom stereocenters. The lowest BCUT2D eigenvalue weighted by Crippen LogP contribution is -2.42. The van der Waals surface area contributed by atoms with E-state index in [9.17, 15) is 14.7 Å². The number of carbonyl (C=O) groups excluding carboxylic acids is 2. The van der Waals surface area contributed by atoms with Gasteiger partial charge in [0.25, 0.3) is 0 Å². The molecule has 2 saturated heterocycles. The van der Waals surface area contributed by atoms with Crippen LogP contribution in [-0.2, 0) is 28.5 Å². The molecular weight excluding hydrogens is 352 g/mol. The summed E-state index contributed by atoms with van der Waals surface area (Å²) >= 11 is 0. The molecule has 0 aromatic carbocycles. The molecule has 150 valence electrons. The van der Waals surface area contributed by atoms with Crippen molar-refractivity contribution in [2.75, 3.05) is 7.11 Å². The van der Waals surface area contributed by atoms with Crippen molar-refractivity contribution < 1.29 is 33.6 Å². The van der Waals surface area contributed by atoms with Crippen LogP contribution < -0.4 is 0 Å². The first-order valence-electron chi connectivity index (χ1n) is 9.25. The van der Waals surface area contributed by atoms with Crippen molar-refractivity contribution in [3.63, 3.8) is 0 Å². The maximum atomic E-state index is 12.3. The van der Waals surface area contributed by atoms with Crippen molar-refractivity contribution in [1.82, 2.24) is 0 Å². The Morgan fingerprint density at radius 1 is 1.41 bits per heavy atom. The highest BCUT2D eigenvalue weighted by atomic mass is 16.7. The molecular formula is C20H28O7. The topological polar surface area (TPSA) is 91.3 Å². The number of aliphatic hydroxyl groups is 1. The maximum Gasteiger partial charge on any atom is 0.334 e. The van der Waals surface area contributed by atoms with Crippen LogP contribution in [0.1, 0.15) is 40.5 Å². The third-order valence-electron chi connectivity index (χ3n) is 5.75. The number of rotatable bonds is 3. The van der Waals surface area contributed by atoms with E-state index >= 15 is 0 Å². The van der Waals surface area contributed by atoms with Gasteiger partial charge in [-0.05, 0) is 25.5 Å². The Kier molecular flexibility index (Phi) is 4.99. The maximum absolute atomic E-state index is 12.3. The highest BCUT2D eigenvalue weighted by Gasteiger charge is 2.58. The summed E-state index contributed by atoms with van der Waals surface area (Å²) in [4.78, 5) is 24.5. The van der Waals surface area contributed by atoms with Crippen LogP contribution >= 0.6 is 0 Å². The van der Waals surface area contributed by atoms with Crippen LogP contribution in [-0.4, -0.2) is 53.9 Å². The van der Waals surface area contributed by atoms with Crippen molar-refractivity contribution in [3.05, 3.63) is 23.8 Å². The minimum atomic E-state index is -1.64. The van der Waals surface area contributed by atoms with E-state index in [-0.39, 0.29) is 23.9 Å². The molecule has 3 aliphatic heterocycles. The Hall–Kier alpha value is -1.70. The standard InChI is InChI=1S/C20H28O7/c1-10(2)17(21)26-14-8-19(5)9-15(24-6)20(23,27-19)11(3)7-13-16(14)12(4)18(22)25-13/h7,10,13-16,23H,4,8-9H2,1-3,5-6H3/b11-7-/t13-,14-,15+,16+,19-,20-/m1/s1. The van der Waals surface area contributed by atoms with Gasteiger partial charge in [-0.2, -0.15) is 0 Å². The fourth-order valence-corrected chi connectivity index (χ4v) is 4.22. The van der Waals surface area contributed by atoms with Crippen LogP contribution in [0.15, 0.2) is 23.8 Å². The van der Waals surface area contributed by atoms with E-state index < -0.39 is 41.6 Å². The zero-order valence-corrected chi connectivity index (χ0v) is 16.5. The molecule has 3 rings (SSSR count). The predicted molar refractivity (Wildman–Crippen MR) is 95.5 cm³/mol. The van der Waals surface area contributed by atoms with Gasteiger partial charge in [0.2, 0.25) is 5.79 Å². The predicted octanol–water partition coefficient (Wildman–Crippen LogP) is 1.88. The second kappa shape index (κ2) is 6.72. The van der Waals surface area contributed by atoms with E-state index in [1.54, 1.807) is 26.8 Å². The van der Waals surface area contributed by atoms with Gasteiger partial charge < -0.3 is 24.1 Å². The molecule has 3 heterocycles. The van der Waals surface area contributed by atoms with Gasteiger partial charge in [-0.1, -0.05) is 20.4 Å². The number of ether oxygens (including phenoxy) is 4. The molecule has 3 aliphatic rings. The highest BCUT2D eigenvalue weighted by Crippen LogP contribution is 2.48. The zero-order valence-electron chi connectivity index (χ0n) is 16.5. The highest BCUT2D eigenvalue weighted by molar-refractivity contribution is 5.91. The van der Waals surface area contributed by atoms with Crippen LogP contribution in [0.25, 0.3) is 0 Å². The molecule has 0 aromatic rings. The Bertz CT molecular complexity index is 696. The summed E-state index contributed by atoms with van der Waals surface area (Å²) in [5.41, 5.74) is -0.0542. The summed E-state index contributed by atoms with van der Waals surface area (Å²) in [5, 5.41) is 11.2. The molecule has 2 fully saturated rings. The Morgan fingerprint density at radius 2 is 2.07 bits per heavy atom. The Morgan fingerprint density at radius 3 is 2.67 bits per heavy atom. The molecule has 27 heavy (non-hydrogen) atoms. The minimum absolute atomic E-state index is 0.266. The first-order chi connectivity index (χ1) is 12.5. The molecule has 1 N–H and O–H groups in total. The second-order valence-corrected chi connectivity index (χ2v) is 8.28. The van der Waals surface area contributed by atoms with Crippen LogP contribution in [0.2, 0.25) is 0 Å². The summed E-state index contributed by atoms with van der Waals surface area (Å²) in [6.07, 6.45) is 0.404. The van der Waals surface area contributed by atoms with Gasteiger partial charge in [-0.25, -0.2) is 4.79 Å². The lowest BCUT2D eigenvalue weighted by molar-refractivity contribution is -0.229. The fourth-order valence-electron chi connectivity index (χ4n) is 4.22. The summed E-state index contributed by atoms with van der Waals surface area (Å²) < 4.78 is 22.8. The van der Waals surface area contributed by atoms with Gasteiger partial charge in [0.1, 0.15) is 18.3 Å². The summed E-state index contributed by atoms with van der Waals surface area (Å²) in [6.45, 7) is 10.9. The van der Waals surface area contributed by atoms with Crippen LogP contribution in [0.3, 0.4) is 0 Å². The lowest BCUT2D eigenvalue weighted by Gasteiger charge is -2.33. The second-order valence-electron chi connectivity index (χ2n) is 8.28. The van der Waals surface area contributed by atoms with Crippen molar-refractivity contribution in [1.29, 1.82) is 0 Å². The average molecular weight is 380 g/mol. The average Bonchev–Trinajstić information content (AvgIpc) is 3.00. The number of fused-ring (bicyclic) bond motifs is 3. The van der Waals surface area contributed by atoms with Crippen molar-refractivity contribution in [2.24, 2.45) is 11.8 Å². The van der Waals surface area contributed by atoms with Crippen LogP contribution in [0.5, 0.6) is 0 Å². The molecule has 7 heteroatoms. The number of esters is 2. The number of carbonyl (C=O) groups is 2. The molecule has 0 radical (unpaired) electrons. The fraction of sp³-hybridized carbons (Fsp3) is 0.700.